The number of para-hydroxylation sites is 1. The highest BCUT2D eigenvalue weighted by atomic mass is 32.2. The van der Waals surface area contributed by atoms with Gasteiger partial charge in [-0.2, -0.15) is 0 Å². The molecule has 0 fully saturated rings. The number of hydrogen-bond acceptors (Lipinski definition) is 2. The molecule has 2 heterocycles. The number of aromatic nitrogens is 1. The molecule has 0 saturated carbocycles. The van der Waals surface area contributed by atoms with Crippen molar-refractivity contribution in [1.82, 2.24) is 4.98 Å². The van der Waals surface area contributed by atoms with Gasteiger partial charge >= 0.3 is 0 Å². The molecular formula is C20H20N2O2S. The van der Waals surface area contributed by atoms with Crippen LogP contribution >= 0.6 is 0 Å². The van der Waals surface area contributed by atoms with E-state index in [1.807, 2.05) is 56.3 Å². The summed E-state index contributed by atoms with van der Waals surface area (Å²) >= 11 is 0. The minimum absolute atomic E-state index is 0.315. The lowest BCUT2D eigenvalue weighted by molar-refractivity contribution is 0.592. The van der Waals surface area contributed by atoms with E-state index in [0.717, 1.165) is 28.5 Å². The fourth-order valence-corrected chi connectivity index (χ4v) is 4.72. The van der Waals surface area contributed by atoms with E-state index >= 15 is 0 Å². The van der Waals surface area contributed by atoms with Crippen LogP contribution in [0, 0.1) is 6.92 Å². The van der Waals surface area contributed by atoms with Gasteiger partial charge in [-0.25, -0.2) is 12.7 Å². The Balaban J connectivity index is 1.92. The number of nitrogens with zero attached hydrogens (tertiary/aromatic N) is 1. The van der Waals surface area contributed by atoms with Crippen molar-refractivity contribution in [2.45, 2.75) is 25.2 Å². The SMILES string of the molecule is CC1=CCN(S(=O)(=O)c2ccc(C)cc2)c2[nH]c3ccccc3c2C1. The Morgan fingerprint density at radius 1 is 1.00 bits per heavy atom. The van der Waals surface area contributed by atoms with Crippen LogP contribution in [0.1, 0.15) is 18.1 Å². The maximum absolute atomic E-state index is 13.3. The molecule has 1 aliphatic rings. The molecule has 0 spiro atoms. The number of allylic oxidation sites excluding steroid dienone is 1. The van der Waals surface area contributed by atoms with Crippen LogP contribution in [-0.4, -0.2) is 19.9 Å². The molecule has 2 aromatic carbocycles. The van der Waals surface area contributed by atoms with Crippen molar-refractivity contribution in [3.63, 3.8) is 0 Å². The Hall–Kier alpha value is -2.53. The van der Waals surface area contributed by atoms with Crippen LogP contribution in [0.3, 0.4) is 0 Å². The number of benzene rings is 2. The van der Waals surface area contributed by atoms with Crippen LogP contribution in [0.25, 0.3) is 10.9 Å². The molecule has 0 unspecified atom stereocenters. The third kappa shape index (κ3) is 2.65. The molecule has 0 aliphatic carbocycles. The summed E-state index contributed by atoms with van der Waals surface area (Å²) in [6.07, 6.45) is 2.74. The van der Waals surface area contributed by atoms with E-state index in [-0.39, 0.29) is 0 Å². The Kier molecular flexibility index (Phi) is 3.69. The first-order valence-corrected chi connectivity index (χ1v) is 9.75. The highest BCUT2D eigenvalue weighted by molar-refractivity contribution is 7.92. The van der Waals surface area contributed by atoms with E-state index in [2.05, 4.69) is 4.98 Å². The van der Waals surface area contributed by atoms with Crippen LogP contribution in [0.15, 0.2) is 65.1 Å². The molecule has 1 N–H and O–H groups in total. The summed E-state index contributed by atoms with van der Waals surface area (Å²) < 4.78 is 28.0. The number of H-pyrrole nitrogens is 1. The number of fused-ring (bicyclic) bond motifs is 3. The predicted octanol–water partition coefficient (Wildman–Crippen LogP) is 4.17. The van der Waals surface area contributed by atoms with Crippen molar-refractivity contribution in [3.8, 4) is 0 Å². The van der Waals surface area contributed by atoms with Gasteiger partial charge in [0.1, 0.15) is 5.82 Å². The van der Waals surface area contributed by atoms with Crippen molar-refractivity contribution in [2.75, 3.05) is 10.8 Å². The van der Waals surface area contributed by atoms with Gasteiger partial charge in [-0.3, -0.25) is 0 Å². The molecule has 5 heteroatoms. The fourth-order valence-electron chi connectivity index (χ4n) is 3.31. The van der Waals surface area contributed by atoms with Gasteiger partial charge in [0.15, 0.2) is 0 Å². The van der Waals surface area contributed by atoms with Crippen LogP contribution in [0.5, 0.6) is 0 Å². The number of aryl methyl sites for hydroxylation is 1. The molecule has 0 atom stereocenters. The summed E-state index contributed by atoms with van der Waals surface area (Å²) in [5, 5.41) is 1.08. The molecule has 128 valence electrons. The first kappa shape index (κ1) is 16.0. The Morgan fingerprint density at radius 2 is 1.72 bits per heavy atom. The maximum Gasteiger partial charge on any atom is 0.265 e. The molecule has 0 bridgehead atoms. The Morgan fingerprint density at radius 3 is 2.48 bits per heavy atom. The highest BCUT2D eigenvalue weighted by Gasteiger charge is 2.29. The lowest BCUT2D eigenvalue weighted by Gasteiger charge is -2.22. The number of rotatable bonds is 2. The van der Waals surface area contributed by atoms with E-state index in [9.17, 15) is 8.42 Å². The minimum atomic E-state index is -3.63. The van der Waals surface area contributed by atoms with Crippen LogP contribution < -0.4 is 4.31 Å². The van der Waals surface area contributed by atoms with Gasteiger partial charge in [0, 0.05) is 16.5 Å². The standard InChI is InChI=1S/C20H20N2O2S/c1-14-7-9-16(10-8-14)25(23,24)22-12-11-15(2)13-18-17-5-3-4-6-19(17)21-20(18)22/h3-11,21H,12-13H2,1-2H3. The summed E-state index contributed by atoms with van der Waals surface area (Å²) in [7, 11) is -3.63. The number of hydrogen-bond donors (Lipinski definition) is 1. The van der Waals surface area contributed by atoms with Crippen molar-refractivity contribution >= 4 is 26.7 Å². The summed E-state index contributed by atoms with van der Waals surface area (Å²) in [5.41, 5.74) is 4.22. The van der Waals surface area contributed by atoms with Crippen LogP contribution in [-0.2, 0) is 16.4 Å². The lowest BCUT2D eigenvalue weighted by atomic mass is 10.1. The van der Waals surface area contributed by atoms with E-state index in [0.29, 0.717) is 17.3 Å². The van der Waals surface area contributed by atoms with E-state index in [1.165, 1.54) is 9.88 Å². The molecule has 1 aliphatic heterocycles. The molecule has 0 amide bonds. The number of anilines is 1. The second-order valence-corrected chi connectivity index (χ2v) is 8.44. The quantitative estimate of drug-likeness (QED) is 0.704. The highest BCUT2D eigenvalue weighted by Crippen LogP contribution is 2.35. The molecule has 4 nitrogen and oxygen atoms in total. The summed E-state index contributed by atoms with van der Waals surface area (Å²) in [5.74, 6) is 0.676. The van der Waals surface area contributed by atoms with Gasteiger partial charge < -0.3 is 4.98 Å². The van der Waals surface area contributed by atoms with Crippen molar-refractivity contribution in [1.29, 1.82) is 0 Å². The molecule has 3 aromatic rings. The third-order valence-corrected chi connectivity index (χ3v) is 6.49. The molecule has 4 rings (SSSR count). The average Bonchev–Trinajstić information content (AvgIpc) is 2.84. The Bertz CT molecular complexity index is 1080. The first-order chi connectivity index (χ1) is 12.0. The van der Waals surface area contributed by atoms with Gasteiger partial charge in [-0.15, -0.1) is 0 Å². The zero-order valence-electron chi connectivity index (χ0n) is 14.3. The summed E-state index contributed by atoms with van der Waals surface area (Å²) in [4.78, 5) is 3.64. The van der Waals surface area contributed by atoms with Crippen molar-refractivity contribution in [2.24, 2.45) is 0 Å². The van der Waals surface area contributed by atoms with Crippen molar-refractivity contribution in [3.05, 3.63) is 71.3 Å². The first-order valence-electron chi connectivity index (χ1n) is 8.31. The molecule has 0 radical (unpaired) electrons. The third-order valence-electron chi connectivity index (χ3n) is 4.71. The van der Waals surface area contributed by atoms with Gasteiger partial charge in [0.2, 0.25) is 0 Å². The Labute approximate surface area is 147 Å². The average molecular weight is 352 g/mol. The lowest BCUT2D eigenvalue weighted by Crippen LogP contribution is -2.31. The largest absolute Gasteiger partial charge is 0.340 e. The summed E-state index contributed by atoms with van der Waals surface area (Å²) in [6.45, 7) is 4.33. The summed E-state index contributed by atoms with van der Waals surface area (Å²) in [6, 6.07) is 15.0. The van der Waals surface area contributed by atoms with E-state index in [4.69, 9.17) is 0 Å². The number of sulfonamides is 1. The van der Waals surface area contributed by atoms with Gasteiger partial charge in [-0.05, 0) is 38.5 Å². The molecular weight excluding hydrogens is 332 g/mol. The molecule has 25 heavy (non-hydrogen) atoms. The molecule has 1 aromatic heterocycles. The second-order valence-electron chi connectivity index (χ2n) is 6.57. The van der Waals surface area contributed by atoms with Gasteiger partial charge in [0.05, 0.1) is 11.4 Å². The van der Waals surface area contributed by atoms with Gasteiger partial charge in [-0.1, -0.05) is 47.5 Å². The zero-order valence-corrected chi connectivity index (χ0v) is 15.1. The minimum Gasteiger partial charge on any atom is -0.340 e. The zero-order chi connectivity index (χ0) is 17.6. The normalized spacial score (nSPS) is 15.0. The topological polar surface area (TPSA) is 53.2 Å². The van der Waals surface area contributed by atoms with Crippen LogP contribution in [0.4, 0.5) is 5.82 Å². The van der Waals surface area contributed by atoms with Crippen LogP contribution in [0.2, 0.25) is 0 Å². The van der Waals surface area contributed by atoms with E-state index in [1.54, 1.807) is 12.1 Å². The molecule has 0 saturated heterocycles. The van der Waals surface area contributed by atoms with E-state index < -0.39 is 10.0 Å². The number of aromatic amines is 1. The van der Waals surface area contributed by atoms with Crippen molar-refractivity contribution < 1.29 is 8.42 Å². The van der Waals surface area contributed by atoms with Gasteiger partial charge in [0.25, 0.3) is 10.0 Å². The maximum atomic E-state index is 13.3. The predicted molar refractivity (Wildman–Crippen MR) is 101 cm³/mol. The second kappa shape index (κ2) is 5.77. The number of nitrogens with one attached hydrogen (secondary N) is 1. The smallest absolute Gasteiger partial charge is 0.265 e. The fraction of sp³-hybridized carbons (Fsp3) is 0.200. The monoisotopic (exact) mass is 352 g/mol.